The Labute approximate surface area is 371 Å². The molecule has 0 saturated heterocycles. The number of anilines is 6. The van der Waals surface area contributed by atoms with Crippen LogP contribution in [0.3, 0.4) is 0 Å². The van der Waals surface area contributed by atoms with Crippen molar-refractivity contribution in [3.63, 3.8) is 0 Å². The van der Waals surface area contributed by atoms with Crippen LogP contribution in [0.25, 0.3) is 66.0 Å². The molecule has 0 N–H and O–H groups in total. The summed E-state index contributed by atoms with van der Waals surface area (Å²) in [5.41, 5.74) is 17.3. The van der Waals surface area contributed by atoms with Crippen LogP contribution in [0.4, 0.5) is 34.1 Å². The fourth-order valence-electron chi connectivity index (χ4n) is 10.00. The monoisotopic (exact) mass is 824 g/mol. The third-order valence-corrected chi connectivity index (χ3v) is 12.8. The SMILES string of the molecule is Cc1cc2c(cc1N(c1ccccc1)c1ccc(N(c3ccccc3)c3cc4c5ccccc5n(-c5ccccc5)c4cc3C)c3nccnc13)c1ccccc1n2C1=CC=CCC1. The molecule has 8 aromatic carbocycles. The molecule has 64 heavy (non-hydrogen) atoms. The highest BCUT2D eigenvalue weighted by molar-refractivity contribution is 6.14. The minimum absolute atomic E-state index is 0.809. The molecule has 0 radical (unpaired) electrons. The summed E-state index contributed by atoms with van der Waals surface area (Å²) in [7, 11) is 0. The van der Waals surface area contributed by atoms with Gasteiger partial charge in [0, 0.05) is 68.1 Å². The van der Waals surface area contributed by atoms with Gasteiger partial charge in [-0.15, -0.1) is 0 Å². The van der Waals surface area contributed by atoms with Crippen molar-refractivity contribution in [2.45, 2.75) is 26.7 Å². The second-order valence-electron chi connectivity index (χ2n) is 16.7. The summed E-state index contributed by atoms with van der Waals surface area (Å²) in [6.07, 6.45) is 12.4. The average Bonchev–Trinajstić information content (AvgIpc) is 3.84. The molecule has 0 fully saturated rings. The van der Waals surface area contributed by atoms with Crippen LogP contribution in [0.1, 0.15) is 24.0 Å². The van der Waals surface area contributed by atoms with E-state index in [1.807, 2.05) is 12.4 Å². The summed E-state index contributed by atoms with van der Waals surface area (Å²) in [6.45, 7) is 4.45. The van der Waals surface area contributed by atoms with E-state index in [4.69, 9.17) is 9.97 Å². The van der Waals surface area contributed by atoms with E-state index in [9.17, 15) is 0 Å². The van der Waals surface area contributed by atoms with E-state index in [2.05, 4.69) is 227 Å². The molecular formula is C58H44N6. The van der Waals surface area contributed by atoms with E-state index in [0.29, 0.717) is 0 Å². The lowest BCUT2D eigenvalue weighted by atomic mass is 10.0. The molecule has 3 heterocycles. The van der Waals surface area contributed by atoms with Crippen molar-refractivity contribution >= 4 is 94.5 Å². The molecule has 1 aliphatic carbocycles. The summed E-state index contributed by atoms with van der Waals surface area (Å²) >= 11 is 0. The van der Waals surface area contributed by atoms with Gasteiger partial charge in [0.1, 0.15) is 11.0 Å². The fourth-order valence-corrected chi connectivity index (χ4v) is 10.00. The summed E-state index contributed by atoms with van der Waals surface area (Å²) in [5, 5.41) is 4.85. The number of hydrogen-bond acceptors (Lipinski definition) is 4. The smallest absolute Gasteiger partial charge is 0.115 e. The number of para-hydroxylation sites is 5. The van der Waals surface area contributed by atoms with Crippen LogP contribution in [0.2, 0.25) is 0 Å². The van der Waals surface area contributed by atoms with Crippen LogP contribution in [0.5, 0.6) is 0 Å². The number of hydrogen-bond donors (Lipinski definition) is 0. The van der Waals surface area contributed by atoms with E-state index in [1.54, 1.807) is 0 Å². The van der Waals surface area contributed by atoms with Crippen LogP contribution >= 0.6 is 0 Å². The lowest BCUT2D eigenvalue weighted by molar-refractivity contribution is 0.979. The standard InChI is InChI=1S/C58H44N6/c1-39-35-55-47(45-27-15-17-29-49(45)61(55)41-19-7-3-8-20-41)37-53(39)63(43-23-11-5-12-24-43)51-31-32-52(58-57(51)59-33-34-60-58)64(44-25-13-6-14-26-44)54-38-48-46-28-16-18-30-50(46)62(56(48)36-40(54)2)42-21-9-4-10-22-42/h3-9,11-21,23-38H,10,22H2,1-2H3. The Morgan fingerprint density at radius 2 is 0.906 bits per heavy atom. The minimum Gasteiger partial charge on any atom is -0.313 e. The van der Waals surface area contributed by atoms with Crippen molar-refractivity contribution in [3.05, 3.63) is 218 Å². The van der Waals surface area contributed by atoms with Crippen molar-refractivity contribution in [2.75, 3.05) is 9.80 Å². The number of fused-ring (bicyclic) bond motifs is 7. The molecule has 0 spiro atoms. The van der Waals surface area contributed by atoms with Gasteiger partial charge >= 0.3 is 0 Å². The van der Waals surface area contributed by atoms with Gasteiger partial charge in [-0.3, -0.25) is 9.97 Å². The van der Waals surface area contributed by atoms with Crippen LogP contribution in [0, 0.1) is 13.8 Å². The van der Waals surface area contributed by atoms with Gasteiger partial charge in [0.15, 0.2) is 0 Å². The number of aryl methyl sites for hydroxylation is 2. The van der Waals surface area contributed by atoms with Crippen LogP contribution in [0.15, 0.2) is 207 Å². The van der Waals surface area contributed by atoms with E-state index in [-0.39, 0.29) is 0 Å². The average molecular weight is 825 g/mol. The molecular weight excluding hydrogens is 781 g/mol. The van der Waals surface area contributed by atoms with Gasteiger partial charge in [0.05, 0.1) is 33.4 Å². The Kier molecular flexibility index (Phi) is 8.97. The maximum absolute atomic E-state index is 5.19. The zero-order valence-electron chi connectivity index (χ0n) is 35.7. The maximum Gasteiger partial charge on any atom is 0.115 e. The zero-order valence-corrected chi connectivity index (χ0v) is 35.7. The fraction of sp³-hybridized carbons (Fsp3) is 0.0690. The number of nitrogens with zero attached hydrogens (tertiary/aromatic N) is 6. The largest absolute Gasteiger partial charge is 0.313 e. The first kappa shape index (κ1) is 37.5. The Morgan fingerprint density at radius 1 is 0.438 bits per heavy atom. The van der Waals surface area contributed by atoms with Crippen molar-refractivity contribution in [1.29, 1.82) is 0 Å². The predicted molar refractivity (Wildman–Crippen MR) is 268 cm³/mol. The van der Waals surface area contributed by atoms with E-state index < -0.39 is 0 Å². The van der Waals surface area contributed by atoms with Gasteiger partial charge in [-0.1, -0.05) is 103 Å². The quantitative estimate of drug-likeness (QED) is 0.153. The van der Waals surface area contributed by atoms with Gasteiger partial charge < -0.3 is 18.9 Å². The molecule has 3 aromatic heterocycles. The molecule has 0 bridgehead atoms. The number of allylic oxidation sites excluding steroid dienone is 4. The highest BCUT2D eigenvalue weighted by Gasteiger charge is 2.26. The van der Waals surface area contributed by atoms with Gasteiger partial charge in [-0.25, -0.2) is 0 Å². The lowest BCUT2D eigenvalue weighted by Crippen LogP contribution is -2.15. The van der Waals surface area contributed by atoms with Crippen molar-refractivity contribution in [3.8, 4) is 5.69 Å². The normalized spacial score (nSPS) is 12.8. The second-order valence-corrected chi connectivity index (χ2v) is 16.7. The van der Waals surface area contributed by atoms with E-state index in [0.717, 1.165) is 74.8 Å². The third-order valence-electron chi connectivity index (χ3n) is 12.8. The Bertz CT molecular complexity index is 3640. The highest BCUT2D eigenvalue weighted by atomic mass is 15.2. The molecule has 12 rings (SSSR count). The van der Waals surface area contributed by atoms with Crippen LogP contribution < -0.4 is 9.80 Å². The Balaban J connectivity index is 1.08. The van der Waals surface area contributed by atoms with Crippen molar-refractivity contribution in [2.24, 2.45) is 0 Å². The highest BCUT2D eigenvalue weighted by Crippen LogP contribution is 2.48. The van der Waals surface area contributed by atoms with E-state index in [1.165, 1.54) is 49.3 Å². The number of aromatic nitrogens is 4. The molecule has 6 heteroatoms. The van der Waals surface area contributed by atoms with Gasteiger partial charge in [-0.2, -0.15) is 0 Å². The molecule has 0 amide bonds. The maximum atomic E-state index is 5.19. The van der Waals surface area contributed by atoms with E-state index >= 15 is 0 Å². The molecule has 0 atom stereocenters. The summed E-state index contributed by atoms with van der Waals surface area (Å²) in [6, 6.07) is 63.4. The summed E-state index contributed by atoms with van der Waals surface area (Å²) in [5.74, 6) is 0. The van der Waals surface area contributed by atoms with Gasteiger partial charge in [0.25, 0.3) is 0 Å². The molecule has 6 nitrogen and oxygen atoms in total. The third kappa shape index (κ3) is 6.02. The molecule has 0 unspecified atom stereocenters. The lowest BCUT2D eigenvalue weighted by Gasteiger charge is -2.31. The van der Waals surface area contributed by atoms with Crippen LogP contribution in [-0.2, 0) is 0 Å². The molecule has 11 aromatic rings. The minimum atomic E-state index is 0.809. The topological polar surface area (TPSA) is 42.1 Å². The van der Waals surface area contributed by atoms with Gasteiger partial charge in [-0.05, 0) is 129 Å². The first-order valence-electron chi connectivity index (χ1n) is 22.1. The van der Waals surface area contributed by atoms with Gasteiger partial charge in [0.2, 0.25) is 0 Å². The zero-order chi connectivity index (χ0) is 42.7. The molecule has 1 aliphatic rings. The molecule has 0 aliphatic heterocycles. The summed E-state index contributed by atoms with van der Waals surface area (Å²) < 4.78 is 4.84. The first-order chi connectivity index (χ1) is 31.6. The number of rotatable bonds is 8. The second kappa shape index (κ2) is 15.3. The first-order valence-corrected chi connectivity index (χ1v) is 22.1. The van der Waals surface area contributed by atoms with Crippen molar-refractivity contribution in [1.82, 2.24) is 19.1 Å². The van der Waals surface area contributed by atoms with Crippen molar-refractivity contribution < 1.29 is 0 Å². The van der Waals surface area contributed by atoms with Crippen LogP contribution in [-0.4, -0.2) is 19.1 Å². The number of benzene rings is 8. The predicted octanol–water partition coefficient (Wildman–Crippen LogP) is 15.6. The Morgan fingerprint density at radius 3 is 1.42 bits per heavy atom. The summed E-state index contributed by atoms with van der Waals surface area (Å²) in [4.78, 5) is 15.1. The Hall–Kier alpha value is -8.22. The molecule has 0 saturated carbocycles. The molecule has 306 valence electrons.